The summed E-state index contributed by atoms with van der Waals surface area (Å²) in [6.07, 6.45) is 13.2. The van der Waals surface area contributed by atoms with Crippen molar-refractivity contribution in [2.75, 3.05) is 0 Å². The van der Waals surface area contributed by atoms with E-state index in [1.165, 1.54) is 51.4 Å². The van der Waals surface area contributed by atoms with Crippen LogP contribution in [0.1, 0.15) is 61.6 Å². The zero-order chi connectivity index (χ0) is 11.9. The summed E-state index contributed by atoms with van der Waals surface area (Å²) < 4.78 is 0. The Bertz CT molecular complexity index is 557. The number of rotatable bonds is 0. The predicted octanol–water partition coefficient (Wildman–Crippen LogP) is 5.14. The molecule has 18 heavy (non-hydrogen) atoms. The van der Waals surface area contributed by atoms with Gasteiger partial charge in [-0.1, -0.05) is 24.3 Å². The van der Waals surface area contributed by atoms with E-state index >= 15 is 0 Å². The summed E-state index contributed by atoms with van der Waals surface area (Å²) in [4.78, 5) is 0. The van der Waals surface area contributed by atoms with Gasteiger partial charge in [0.2, 0.25) is 0 Å². The van der Waals surface area contributed by atoms with Crippen LogP contribution >= 0.6 is 0 Å². The summed E-state index contributed by atoms with van der Waals surface area (Å²) >= 11 is 0. The highest BCUT2D eigenvalue weighted by molar-refractivity contribution is 6.01. The lowest BCUT2D eigenvalue weighted by atomic mass is 9.89. The quantitative estimate of drug-likeness (QED) is 0.585. The summed E-state index contributed by atoms with van der Waals surface area (Å²) in [5.74, 6) is 0. The number of allylic oxidation sites excluding steroid dienone is 4. The summed E-state index contributed by atoms with van der Waals surface area (Å²) in [6, 6.07) is 7.00. The highest BCUT2D eigenvalue weighted by Crippen LogP contribution is 2.49. The maximum atomic E-state index is 2.54. The van der Waals surface area contributed by atoms with Gasteiger partial charge in [-0.25, -0.2) is 0 Å². The van der Waals surface area contributed by atoms with Crippen LogP contribution in [0.25, 0.3) is 11.1 Å². The Hall–Kier alpha value is -1.30. The molecule has 0 heteroatoms. The molecule has 0 saturated carbocycles. The SMILES string of the molecule is C1=C2/C3=C(CCCC3)c3cccc(c32)CCCC/1. The van der Waals surface area contributed by atoms with E-state index in [0.29, 0.717) is 0 Å². The molecule has 0 heterocycles. The van der Waals surface area contributed by atoms with E-state index in [9.17, 15) is 0 Å². The lowest BCUT2D eigenvalue weighted by Crippen LogP contribution is -1.97. The molecular formula is C18H20. The Labute approximate surface area is 109 Å². The van der Waals surface area contributed by atoms with Crippen LogP contribution in [-0.4, -0.2) is 0 Å². The van der Waals surface area contributed by atoms with Gasteiger partial charge in [0.05, 0.1) is 0 Å². The van der Waals surface area contributed by atoms with Crippen LogP contribution < -0.4 is 0 Å². The summed E-state index contributed by atoms with van der Waals surface area (Å²) in [6.45, 7) is 0. The fourth-order valence-electron chi connectivity index (χ4n) is 3.96. The first-order valence-corrected chi connectivity index (χ1v) is 7.50. The molecule has 92 valence electrons. The second-order valence-corrected chi connectivity index (χ2v) is 5.87. The normalized spacial score (nSPS) is 24.8. The summed E-state index contributed by atoms with van der Waals surface area (Å²) in [5, 5.41) is 0. The number of aryl methyl sites for hydroxylation is 1. The molecule has 0 aromatic heterocycles. The fraction of sp³-hybridized carbons (Fsp3) is 0.444. The molecule has 0 spiro atoms. The molecular weight excluding hydrogens is 216 g/mol. The van der Waals surface area contributed by atoms with E-state index in [-0.39, 0.29) is 0 Å². The van der Waals surface area contributed by atoms with Gasteiger partial charge in [0.25, 0.3) is 0 Å². The molecule has 0 nitrogen and oxygen atoms in total. The third kappa shape index (κ3) is 1.44. The second kappa shape index (κ2) is 4.12. The van der Waals surface area contributed by atoms with Gasteiger partial charge < -0.3 is 0 Å². The third-order valence-corrected chi connectivity index (χ3v) is 4.79. The topological polar surface area (TPSA) is 0 Å². The average molecular weight is 236 g/mol. The minimum absolute atomic E-state index is 1.28. The fourth-order valence-corrected chi connectivity index (χ4v) is 3.96. The van der Waals surface area contributed by atoms with Crippen LogP contribution in [0.5, 0.6) is 0 Å². The van der Waals surface area contributed by atoms with Gasteiger partial charge in [-0.05, 0) is 84.8 Å². The highest BCUT2D eigenvalue weighted by atomic mass is 14.3. The van der Waals surface area contributed by atoms with Crippen molar-refractivity contribution < 1.29 is 0 Å². The number of benzene rings is 1. The van der Waals surface area contributed by atoms with E-state index in [1.807, 2.05) is 0 Å². The lowest BCUT2D eigenvalue weighted by molar-refractivity contribution is 0.727. The van der Waals surface area contributed by atoms with Crippen molar-refractivity contribution in [1.82, 2.24) is 0 Å². The van der Waals surface area contributed by atoms with Crippen LogP contribution in [0, 0.1) is 0 Å². The standard InChI is InChI=1S/C18H20/c1-2-7-13-8-6-12-17-15-10-5-4-9-14(15)16(11-3-1)18(13)17/h6,8,11-12H,1-5,7,9-10H2/b16-11-. The number of hydrogen-bond donors (Lipinski definition) is 0. The monoisotopic (exact) mass is 236 g/mol. The summed E-state index contributed by atoms with van der Waals surface area (Å²) in [7, 11) is 0. The molecule has 0 unspecified atom stereocenters. The molecule has 0 N–H and O–H groups in total. The largest absolute Gasteiger partial charge is 0.0763 e. The molecule has 0 saturated heterocycles. The van der Waals surface area contributed by atoms with Gasteiger partial charge in [-0.3, -0.25) is 0 Å². The first kappa shape index (κ1) is 10.6. The minimum atomic E-state index is 1.28. The highest BCUT2D eigenvalue weighted by Gasteiger charge is 2.29. The average Bonchev–Trinajstić information content (AvgIpc) is 2.70. The second-order valence-electron chi connectivity index (χ2n) is 5.87. The van der Waals surface area contributed by atoms with E-state index in [4.69, 9.17) is 0 Å². The zero-order valence-corrected chi connectivity index (χ0v) is 11.0. The van der Waals surface area contributed by atoms with Crippen molar-refractivity contribution in [2.45, 2.75) is 51.4 Å². The lowest BCUT2D eigenvalue weighted by Gasteiger charge is -2.16. The van der Waals surface area contributed by atoms with Gasteiger partial charge in [-0.15, -0.1) is 0 Å². The number of hydrogen-bond acceptors (Lipinski definition) is 0. The Balaban J connectivity index is 1.98. The van der Waals surface area contributed by atoms with Crippen molar-refractivity contribution in [3.8, 4) is 0 Å². The molecule has 0 aliphatic heterocycles. The molecule has 1 aromatic carbocycles. The van der Waals surface area contributed by atoms with Crippen LogP contribution in [0.2, 0.25) is 0 Å². The van der Waals surface area contributed by atoms with Gasteiger partial charge in [0.1, 0.15) is 0 Å². The van der Waals surface area contributed by atoms with Crippen molar-refractivity contribution in [3.05, 3.63) is 46.5 Å². The van der Waals surface area contributed by atoms with Gasteiger partial charge >= 0.3 is 0 Å². The van der Waals surface area contributed by atoms with Gasteiger partial charge in [-0.2, -0.15) is 0 Å². The van der Waals surface area contributed by atoms with Crippen molar-refractivity contribution >= 4 is 11.1 Å². The van der Waals surface area contributed by atoms with E-state index in [1.54, 1.807) is 33.4 Å². The smallest absolute Gasteiger partial charge is 0.00768 e. The molecule has 0 bridgehead atoms. The molecule has 0 radical (unpaired) electrons. The maximum absolute atomic E-state index is 2.54. The molecule has 3 aliphatic rings. The Morgan fingerprint density at radius 2 is 1.61 bits per heavy atom. The van der Waals surface area contributed by atoms with E-state index < -0.39 is 0 Å². The molecule has 1 aromatic rings. The molecule has 0 amide bonds. The third-order valence-electron chi connectivity index (χ3n) is 4.79. The maximum Gasteiger partial charge on any atom is -0.00768 e. The van der Waals surface area contributed by atoms with Crippen molar-refractivity contribution in [3.63, 3.8) is 0 Å². The van der Waals surface area contributed by atoms with Crippen molar-refractivity contribution in [1.29, 1.82) is 0 Å². The Morgan fingerprint density at radius 3 is 2.56 bits per heavy atom. The van der Waals surface area contributed by atoms with Crippen LogP contribution in [0.4, 0.5) is 0 Å². The van der Waals surface area contributed by atoms with Gasteiger partial charge in [0, 0.05) is 0 Å². The van der Waals surface area contributed by atoms with Crippen LogP contribution in [0.15, 0.2) is 29.8 Å². The van der Waals surface area contributed by atoms with Gasteiger partial charge in [0.15, 0.2) is 0 Å². The Kier molecular flexibility index (Phi) is 2.43. The minimum Gasteiger partial charge on any atom is -0.0763 e. The zero-order valence-electron chi connectivity index (χ0n) is 11.0. The Morgan fingerprint density at radius 1 is 0.778 bits per heavy atom. The summed E-state index contributed by atoms with van der Waals surface area (Å²) in [5.41, 5.74) is 9.80. The first-order chi connectivity index (χ1) is 8.95. The van der Waals surface area contributed by atoms with E-state index in [0.717, 1.165) is 0 Å². The predicted molar refractivity (Wildman–Crippen MR) is 77.4 cm³/mol. The van der Waals surface area contributed by atoms with Crippen LogP contribution in [0.3, 0.4) is 0 Å². The first-order valence-electron chi connectivity index (χ1n) is 7.50. The molecule has 0 atom stereocenters. The molecule has 4 rings (SSSR count). The molecule has 3 aliphatic carbocycles. The molecule has 0 fully saturated rings. The van der Waals surface area contributed by atoms with Crippen LogP contribution in [-0.2, 0) is 6.42 Å². The van der Waals surface area contributed by atoms with E-state index in [2.05, 4.69) is 24.3 Å². The number of fused-ring (bicyclic) bond motifs is 2. The van der Waals surface area contributed by atoms with Crippen molar-refractivity contribution in [2.24, 2.45) is 0 Å².